The fourth-order valence-electron chi connectivity index (χ4n) is 0.461. The Bertz CT molecular complexity index is 227. The van der Waals surface area contributed by atoms with Crippen molar-refractivity contribution in [2.24, 2.45) is 5.14 Å². The third-order valence-electron chi connectivity index (χ3n) is 0.960. The molecule has 0 saturated heterocycles. The molecule has 0 aliphatic heterocycles. The van der Waals surface area contributed by atoms with Gasteiger partial charge in [-0.15, -0.1) is 0 Å². The molecule has 0 aliphatic carbocycles. The first-order valence-electron chi connectivity index (χ1n) is 2.67. The van der Waals surface area contributed by atoms with Gasteiger partial charge < -0.3 is 0 Å². The summed E-state index contributed by atoms with van der Waals surface area (Å²) in [6.45, 7) is 1.66. The molecule has 0 amide bonds. The standard InChI is InChI=1S/C4H9N3O2S/c1-2-7(4-3-5)10(6,8)9/h2,4H2,1H3,(H2,6,8,9). The molecular weight excluding hydrogens is 154 g/mol. The predicted molar refractivity (Wildman–Crippen MR) is 36.0 cm³/mol. The SMILES string of the molecule is CCN(CC#N)S(N)(=O)=O. The van der Waals surface area contributed by atoms with Crippen LogP contribution in [0.5, 0.6) is 0 Å². The van der Waals surface area contributed by atoms with Crippen molar-refractivity contribution in [3.63, 3.8) is 0 Å². The van der Waals surface area contributed by atoms with E-state index in [4.69, 9.17) is 10.4 Å². The molecule has 0 fully saturated rings. The van der Waals surface area contributed by atoms with E-state index in [0.29, 0.717) is 0 Å². The van der Waals surface area contributed by atoms with E-state index in [1.54, 1.807) is 13.0 Å². The van der Waals surface area contributed by atoms with Gasteiger partial charge in [-0.25, -0.2) is 5.14 Å². The van der Waals surface area contributed by atoms with Crippen LogP contribution < -0.4 is 5.14 Å². The van der Waals surface area contributed by atoms with Gasteiger partial charge in [-0.2, -0.15) is 18.0 Å². The summed E-state index contributed by atoms with van der Waals surface area (Å²) < 4.78 is 21.9. The number of rotatable bonds is 3. The summed E-state index contributed by atoms with van der Waals surface area (Å²) in [7, 11) is -3.67. The highest BCUT2D eigenvalue weighted by Gasteiger charge is 2.12. The van der Waals surface area contributed by atoms with E-state index in [-0.39, 0.29) is 13.1 Å². The molecule has 0 bridgehead atoms. The summed E-state index contributed by atoms with van der Waals surface area (Å²) in [4.78, 5) is 0. The van der Waals surface area contributed by atoms with Crippen LogP contribution in [0.2, 0.25) is 0 Å². The van der Waals surface area contributed by atoms with Gasteiger partial charge in [-0.3, -0.25) is 0 Å². The summed E-state index contributed by atoms with van der Waals surface area (Å²) in [5.74, 6) is 0. The largest absolute Gasteiger partial charge is 0.277 e. The van der Waals surface area contributed by atoms with Gasteiger partial charge in [0.1, 0.15) is 6.54 Å². The third kappa shape index (κ3) is 2.77. The van der Waals surface area contributed by atoms with Crippen LogP contribution in [0.15, 0.2) is 0 Å². The van der Waals surface area contributed by atoms with E-state index in [0.717, 1.165) is 4.31 Å². The smallest absolute Gasteiger partial charge is 0.216 e. The number of hydrogen-bond acceptors (Lipinski definition) is 3. The number of nitriles is 1. The minimum absolute atomic E-state index is 0.185. The van der Waals surface area contributed by atoms with Crippen molar-refractivity contribution in [3.8, 4) is 6.07 Å². The van der Waals surface area contributed by atoms with E-state index in [2.05, 4.69) is 0 Å². The van der Waals surface area contributed by atoms with E-state index >= 15 is 0 Å². The van der Waals surface area contributed by atoms with Crippen molar-refractivity contribution < 1.29 is 8.42 Å². The minimum Gasteiger partial charge on any atom is -0.216 e. The maximum atomic E-state index is 10.5. The van der Waals surface area contributed by atoms with Crippen molar-refractivity contribution in [2.45, 2.75) is 6.92 Å². The Morgan fingerprint density at radius 2 is 2.20 bits per heavy atom. The zero-order chi connectivity index (χ0) is 8.20. The van der Waals surface area contributed by atoms with Crippen molar-refractivity contribution in [1.29, 1.82) is 5.26 Å². The van der Waals surface area contributed by atoms with Gasteiger partial charge in [0.15, 0.2) is 0 Å². The van der Waals surface area contributed by atoms with Gasteiger partial charge in [0.2, 0.25) is 0 Å². The van der Waals surface area contributed by atoms with Crippen LogP contribution in [-0.2, 0) is 10.2 Å². The van der Waals surface area contributed by atoms with Gasteiger partial charge in [0.05, 0.1) is 6.07 Å². The van der Waals surface area contributed by atoms with E-state index < -0.39 is 10.2 Å². The van der Waals surface area contributed by atoms with Crippen molar-refractivity contribution >= 4 is 10.2 Å². The highest BCUT2D eigenvalue weighted by molar-refractivity contribution is 7.86. The Morgan fingerprint density at radius 3 is 2.30 bits per heavy atom. The number of nitrogens with zero attached hydrogens (tertiary/aromatic N) is 2. The summed E-state index contributed by atoms with van der Waals surface area (Å²) in [6.07, 6.45) is 0. The molecule has 10 heavy (non-hydrogen) atoms. The van der Waals surface area contributed by atoms with Crippen LogP contribution in [0.3, 0.4) is 0 Å². The fourth-order valence-corrected chi connectivity index (χ4v) is 1.06. The molecule has 0 aromatic heterocycles. The lowest BCUT2D eigenvalue weighted by molar-refractivity contribution is 0.464. The monoisotopic (exact) mass is 163 g/mol. The van der Waals surface area contributed by atoms with Gasteiger partial charge in [-0.05, 0) is 0 Å². The predicted octanol–water partition coefficient (Wildman–Crippen LogP) is -0.965. The van der Waals surface area contributed by atoms with Gasteiger partial charge in [0, 0.05) is 6.54 Å². The maximum absolute atomic E-state index is 10.5. The molecular formula is C4H9N3O2S. The third-order valence-corrected chi connectivity index (χ3v) is 2.07. The molecule has 0 rings (SSSR count). The molecule has 0 unspecified atom stereocenters. The first-order valence-corrected chi connectivity index (χ1v) is 4.17. The Kier molecular flexibility index (Phi) is 3.28. The molecule has 0 aliphatic rings. The number of hydrogen-bond donors (Lipinski definition) is 1. The molecule has 6 heteroatoms. The summed E-state index contributed by atoms with van der Waals surface area (Å²) in [6, 6.07) is 1.69. The van der Waals surface area contributed by atoms with Gasteiger partial charge in [0.25, 0.3) is 10.2 Å². The van der Waals surface area contributed by atoms with Crippen LogP contribution in [-0.4, -0.2) is 25.8 Å². The van der Waals surface area contributed by atoms with Crippen LogP contribution in [0, 0.1) is 11.3 Å². The van der Waals surface area contributed by atoms with Crippen LogP contribution in [0.25, 0.3) is 0 Å². The summed E-state index contributed by atoms with van der Waals surface area (Å²) >= 11 is 0. The lowest BCUT2D eigenvalue weighted by Gasteiger charge is -2.11. The Hall–Kier alpha value is -0.640. The molecule has 0 atom stereocenters. The highest BCUT2D eigenvalue weighted by Crippen LogP contribution is 1.90. The van der Waals surface area contributed by atoms with E-state index in [1.165, 1.54) is 0 Å². The molecule has 2 N–H and O–H groups in total. The maximum Gasteiger partial charge on any atom is 0.277 e. The normalized spacial score (nSPS) is 11.4. The van der Waals surface area contributed by atoms with Gasteiger partial charge >= 0.3 is 0 Å². The van der Waals surface area contributed by atoms with Gasteiger partial charge in [-0.1, -0.05) is 6.92 Å². The summed E-state index contributed by atoms with van der Waals surface area (Å²) in [5, 5.41) is 12.8. The molecule has 0 spiro atoms. The van der Waals surface area contributed by atoms with Crippen LogP contribution in [0.1, 0.15) is 6.92 Å². The van der Waals surface area contributed by atoms with Crippen molar-refractivity contribution in [2.75, 3.05) is 13.1 Å². The molecule has 0 radical (unpaired) electrons. The lowest BCUT2D eigenvalue weighted by atomic mass is 10.6. The van der Waals surface area contributed by atoms with E-state index in [1.807, 2.05) is 0 Å². The first kappa shape index (κ1) is 9.36. The zero-order valence-corrected chi connectivity index (χ0v) is 6.43. The molecule has 0 saturated carbocycles. The lowest BCUT2D eigenvalue weighted by Crippen LogP contribution is -2.36. The molecule has 5 nitrogen and oxygen atoms in total. The quantitative estimate of drug-likeness (QED) is 0.543. The fraction of sp³-hybridized carbons (Fsp3) is 0.750. The molecule has 0 aromatic rings. The first-order chi connectivity index (χ1) is 4.52. The Labute approximate surface area is 60.2 Å². The highest BCUT2D eigenvalue weighted by atomic mass is 32.2. The van der Waals surface area contributed by atoms with Crippen LogP contribution >= 0.6 is 0 Å². The topological polar surface area (TPSA) is 87.2 Å². The molecule has 0 heterocycles. The van der Waals surface area contributed by atoms with E-state index in [9.17, 15) is 8.42 Å². The van der Waals surface area contributed by atoms with Crippen LogP contribution in [0.4, 0.5) is 0 Å². The molecule has 0 aromatic carbocycles. The number of nitrogens with two attached hydrogens (primary N) is 1. The second kappa shape index (κ2) is 3.51. The zero-order valence-electron chi connectivity index (χ0n) is 5.61. The molecule has 58 valence electrons. The van der Waals surface area contributed by atoms with Crippen molar-refractivity contribution in [3.05, 3.63) is 0 Å². The second-order valence-electron chi connectivity index (χ2n) is 1.63. The minimum atomic E-state index is -3.67. The second-order valence-corrected chi connectivity index (χ2v) is 3.18. The summed E-state index contributed by atoms with van der Waals surface area (Å²) in [5.41, 5.74) is 0. The average Bonchev–Trinajstić information content (AvgIpc) is 1.80. The average molecular weight is 163 g/mol. The Balaban J connectivity index is 4.26. The van der Waals surface area contributed by atoms with Crippen molar-refractivity contribution in [1.82, 2.24) is 4.31 Å². The Morgan fingerprint density at radius 1 is 1.70 bits per heavy atom.